The number of hydrogen-bond acceptors (Lipinski definition) is 4. The zero-order valence-electron chi connectivity index (χ0n) is 12.4. The second kappa shape index (κ2) is 4.27. The molecule has 5 aromatic rings. The Balaban J connectivity index is 2.23. The molecule has 0 fully saturated rings. The van der Waals surface area contributed by atoms with Crippen molar-refractivity contribution < 1.29 is 0 Å². The molecule has 0 atom stereocenters. The molecule has 0 saturated carbocycles. The Morgan fingerprint density at radius 2 is 1.88 bits per heavy atom. The molecule has 0 bridgehead atoms. The van der Waals surface area contributed by atoms with Crippen LogP contribution in [0.25, 0.3) is 38.2 Å². The number of nitrogen functional groups attached to an aromatic ring is 2. The lowest BCUT2D eigenvalue weighted by atomic mass is 10.0. The first-order valence-corrected chi connectivity index (χ1v) is 7.77. The van der Waals surface area contributed by atoms with Crippen molar-refractivity contribution in [3.63, 3.8) is 0 Å². The van der Waals surface area contributed by atoms with E-state index in [4.69, 9.17) is 23.1 Å². The van der Waals surface area contributed by atoms with Gasteiger partial charge in [0, 0.05) is 26.9 Å². The topological polar surface area (TPSA) is 86.4 Å². The second-order valence-corrected chi connectivity index (χ2v) is 6.35. The SMILES string of the molecule is Nc1cc2cccc3c(=O)n4c(nc5cc(Cl)cc(N)c54)c(c1)c23. The second-order valence-electron chi connectivity index (χ2n) is 5.91. The van der Waals surface area contributed by atoms with E-state index in [1.807, 2.05) is 30.3 Å². The van der Waals surface area contributed by atoms with E-state index in [2.05, 4.69) is 4.98 Å². The maximum absolute atomic E-state index is 13.1. The lowest BCUT2D eigenvalue weighted by molar-refractivity contribution is 1.19. The summed E-state index contributed by atoms with van der Waals surface area (Å²) in [7, 11) is 0. The Labute approximate surface area is 140 Å². The van der Waals surface area contributed by atoms with Gasteiger partial charge in [-0.25, -0.2) is 4.98 Å². The average Bonchev–Trinajstić information content (AvgIpc) is 2.91. The van der Waals surface area contributed by atoms with Gasteiger partial charge in [-0.3, -0.25) is 9.20 Å². The minimum Gasteiger partial charge on any atom is -0.399 e. The van der Waals surface area contributed by atoms with Gasteiger partial charge >= 0.3 is 0 Å². The highest BCUT2D eigenvalue weighted by atomic mass is 35.5. The van der Waals surface area contributed by atoms with Crippen molar-refractivity contribution in [2.75, 3.05) is 11.5 Å². The molecule has 5 nitrogen and oxygen atoms in total. The van der Waals surface area contributed by atoms with Crippen molar-refractivity contribution >= 4 is 61.2 Å². The van der Waals surface area contributed by atoms with Gasteiger partial charge in [-0.1, -0.05) is 23.7 Å². The molecular formula is C18H11ClN4O. The predicted octanol–water partition coefficient (Wildman–Crippen LogP) is 3.41. The van der Waals surface area contributed by atoms with Gasteiger partial charge in [0.15, 0.2) is 0 Å². The molecule has 116 valence electrons. The number of fused-ring (bicyclic) bond motifs is 4. The third-order valence-corrected chi connectivity index (χ3v) is 4.64. The summed E-state index contributed by atoms with van der Waals surface area (Å²) in [4.78, 5) is 17.7. The van der Waals surface area contributed by atoms with Gasteiger partial charge in [-0.2, -0.15) is 0 Å². The molecule has 0 aliphatic rings. The molecule has 4 N–H and O–H groups in total. The van der Waals surface area contributed by atoms with Crippen LogP contribution in [0.5, 0.6) is 0 Å². The van der Waals surface area contributed by atoms with Crippen LogP contribution < -0.4 is 17.0 Å². The highest BCUT2D eigenvalue weighted by Gasteiger charge is 2.18. The maximum atomic E-state index is 13.1. The van der Waals surface area contributed by atoms with Gasteiger partial charge in [-0.15, -0.1) is 0 Å². The van der Waals surface area contributed by atoms with E-state index in [1.165, 1.54) is 0 Å². The largest absolute Gasteiger partial charge is 0.399 e. The number of imidazole rings is 1. The van der Waals surface area contributed by atoms with E-state index in [1.54, 1.807) is 16.5 Å². The number of hydrogen-bond donors (Lipinski definition) is 2. The first kappa shape index (κ1) is 13.4. The number of nitrogens with zero attached hydrogens (tertiary/aromatic N) is 2. The quantitative estimate of drug-likeness (QED) is 0.425. The number of aromatic nitrogens is 2. The molecular weight excluding hydrogens is 324 g/mol. The molecule has 24 heavy (non-hydrogen) atoms. The van der Waals surface area contributed by atoms with E-state index in [0.717, 1.165) is 16.2 Å². The van der Waals surface area contributed by atoms with Gasteiger partial charge in [0.25, 0.3) is 5.56 Å². The van der Waals surface area contributed by atoms with Crippen molar-refractivity contribution in [3.8, 4) is 0 Å². The fourth-order valence-corrected chi connectivity index (χ4v) is 3.73. The van der Waals surface area contributed by atoms with E-state index < -0.39 is 0 Å². The van der Waals surface area contributed by atoms with E-state index in [-0.39, 0.29) is 5.56 Å². The van der Waals surface area contributed by atoms with Gasteiger partial charge in [-0.05, 0) is 35.7 Å². The van der Waals surface area contributed by atoms with Crippen LogP contribution in [-0.2, 0) is 0 Å². The summed E-state index contributed by atoms with van der Waals surface area (Å²) in [5.74, 6) is 0. The van der Waals surface area contributed by atoms with Crippen LogP contribution >= 0.6 is 11.6 Å². The molecule has 6 heteroatoms. The fraction of sp³-hybridized carbons (Fsp3) is 0. The number of pyridine rings is 1. The molecule has 0 unspecified atom stereocenters. The summed E-state index contributed by atoms with van der Waals surface area (Å²) in [6.45, 7) is 0. The van der Waals surface area contributed by atoms with E-state index in [0.29, 0.717) is 38.5 Å². The number of rotatable bonds is 0. The van der Waals surface area contributed by atoms with Crippen LogP contribution in [0, 0.1) is 0 Å². The predicted molar refractivity (Wildman–Crippen MR) is 99.0 cm³/mol. The third-order valence-electron chi connectivity index (χ3n) is 4.42. The fourth-order valence-electron chi connectivity index (χ4n) is 3.51. The lowest BCUT2D eigenvalue weighted by Crippen LogP contribution is -2.14. The molecule has 0 aliphatic heterocycles. The minimum absolute atomic E-state index is 0.149. The molecule has 5 rings (SSSR count). The molecule has 0 aliphatic carbocycles. The molecule has 3 aromatic carbocycles. The van der Waals surface area contributed by atoms with Crippen LogP contribution in [-0.4, -0.2) is 9.38 Å². The number of anilines is 2. The van der Waals surface area contributed by atoms with Crippen LogP contribution in [0.2, 0.25) is 5.02 Å². The van der Waals surface area contributed by atoms with Gasteiger partial charge in [0.1, 0.15) is 5.65 Å². The van der Waals surface area contributed by atoms with Crippen LogP contribution in [0.15, 0.2) is 47.3 Å². The summed E-state index contributed by atoms with van der Waals surface area (Å²) < 4.78 is 1.55. The van der Waals surface area contributed by atoms with Crippen molar-refractivity contribution in [1.82, 2.24) is 9.38 Å². The van der Waals surface area contributed by atoms with Crippen LogP contribution in [0.4, 0.5) is 11.4 Å². The average molecular weight is 335 g/mol. The number of nitrogens with two attached hydrogens (primary N) is 2. The maximum Gasteiger partial charge on any atom is 0.264 e. The number of halogens is 1. The third kappa shape index (κ3) is 1.54. The molecule has 0 spiro atoms. The van der Waals surface area contributed by atoms with E-state index in [9.17, 15) is 4.79 Å². The molecule has 0 amide bonds. The summed E-state index contributed by atoms with van der Waals surface area (Å²) >= 11 is 6.08. The Kier molecular flexibility index (Phi) is 2.38. The zero-order chi connectivity index (χ0) is 16.6. The van der Waals surface area contributed by atoms with Gasteiger partial charge < -0.3 is 11.5 Å². The van der Waals surface area contributed by atoms with Crippen LogP contribution in [0.1, 0.15) is 0 Å². The van der Waals surface area contributed by atoms with E-state index >= 15 is 0 Å². The number of benzene rings is 3. The molecule has 0 saturated heterocycles. The minimum atomic E-state index is -0.149. The van der Waals surface area contributed by atoms with Gasteiger partial charge in [0.2, 0.25) is 0 Å². The molecule has 0 radical (unpaired) electrons. The van der Waals surface area contributed by atoms with Crippen LogP contribution in [0.3, 0.4) is 0 Å². The summed E-state index contributed by atoms with van der Waals surface area (Å²) in [6, 6.07) is 12.6. The molecule has 2 heterocycles. The smallest absolute Gasteiger partial charge is 0.264 e. The molecule has 2 aromatic heterocycles. The zero-order valence-corrected chi connectivity index (χ0v) is 13.1. The van der Waals surface area contributed by atoms with Crippen molar-refractivity contribution in [3.05, 3.63) is 57.8 Å². The van der Waals surface area contributed by atoms with Gasteiger partial charge in [0.05, 0.1) is 16.7 Å². The highest BCUT2D eigenvalue weighted by Crippen LogP contribution is 2.33. The van der Waals surface area contributed by atoms with Crippen molar-refractivity contribution in [1.29, 1.82) is 0 Å². The standard InChI is InChI=1S/C18H11ClN4O/c19-9-5-13(21)16-14(6-9)22-17-12-7-10(20)4-8-2-1-3-11(15(8)12)18(24)23(16)17/h1-7H,20-21H2. The Morgan fingerprint density at radius 3 is 2.71 bits per heavy atom. The Morgan fingerprint density at radius 1 is 1.04 bits per heavy atom. The van der Waals surface area contributed by atoms with Crippen molar-refractivity contribution in [2.45, 2.75) is 0 Å². The Bertz CT molecular complexity index is 1360. The van der Waals surface area contributed by atoms with Crippen molar-refractivity contribution in [2.24, 2.45) is 0 Å². The first-order valence-electron chi connectivity index (χ1n) is 7.39. The summed E-state index contributed by atoms with van der Waals surface area (Å²) in [6.07, 6.45) is 0. The monoisotopic (exact) mass is 334 g/mol. The lowest BCUT2D eigenvalue weighted by Gasteiger charge is -2.08. The summed E-state index contributed by atoms with van der Waals surface area (Å²) in [5, 5.41) is 3.71. The Hall–Kier alpha value is -3.05. The highest BCUT2D eigenvalue weighted by molar-refractivity contribution is 6.32. The first-order chi connectivity index (χ1) is 11.5. The summed E-state index contributed by atoms with van der Waals surface area (Å²) in [5.41, 5.74) is 14.8. The normalized spacial score (nSPS) is 12.0.